The fourth-order valence-electron chi connectivity index (χ4n) is 3.48. The van der Waals surface area contributed by atoms with Crippen LogP contribution in [0.25, 0.3) is 16.8 Å². The van der Waals surface area contributed by atoms with E-state index in [-0.39, 0.29) is 17.9 Å². The van der Waals surface area contributed by atoms with Gasteiger partial charge in [0.15, 0.2) is 0 Å². The van der Waals surface area contributed by atoms with Crippen molar-refractivity contribution in [1.29, 1.82) is 0 Å². The van der Waals surface area contributed by atoms with Gasteiger partial charge >= 0.3 is 0 Å². The number of aliphatic hydroxyl groups is 1. The molecule has 3 aromatic carbocycles. The summed E-state index contributed by atoms with van der Waals surface area (Å²) in [5, 5.41) is 22.9. The van der Waals surface area contributed by atoms with Gasteiger partial charge in [-0.2, -0.15) is 0 Å². The molecule has 4 rings (SSSR count). The number of para-hydroxylation sites is 1. The first kappa shape index (κ1) is 21.1. The van der Waals surface area contributed by atoms with Gasteiger partial charge in [0, 0.05) is 17.5 Å². The van der Waals surface area contributed by atoms with Crippen LogP contribution in [0.2, 0.25) is 0 Å². The van der Waals surface area contributed by atoms with Gasteiger partial charge in [0.2, 0.25) is 0 Å². The summed E-state index contributed by atoms with van der Waals surface area (Å²) in [5.41, 5.74) is 4.20. The smallest absolute Gasteiger partial charge is 0.280 e. The molecular weight excluding hydrogens is 406 g/mol. The molecule has 0 spiro atoms. The SMILES string of the molecule is COc1cc(CO)ccc1-c1ccc(N=Cc2c(C)[nH]n(-c3ccccc3)c2=O)c(O)c1. The number of phenols is 1. The number of ether oxygens (including phenoxy) is 1. The number of phenolic OH excluding ortho intramolecular Hbond substituents is 1. The van der Waals surface area contributed by atoms with Crippen molar-refractivity contribution in [3.63, 3.8) is 0 Å². The first-order chi connectivity index (χ1) is 15.5. The highest BCUT2D eigenvalue weighted by molar-refractivity contribution is 5.84. The number of aliphatic hydroxyl groups excluding tert-OH is 1. The Morgan fingerprint density at radius 2 is 1.88 bits per heavy atom. The van der Waals surface area contributed by atoms with Crippen LogP contribution in [0, 0.1) is 6.92 Å². The molecule has 7 heteroatoms. The number of aliphatic imine (C=N–C) groups is 1. The van der Waals surface area contributed by atoms with Crippen molar-refractivity contribution in [1.82, 2.24) is 9.78 Å². The minimum absolute atomic E-state index is 0.0244. The molecule has 0 amide bonds. The van der Waals surface area contributed by atoms with Crippen molar-refractivity contribution >= 4 is 11.9 Å². The van der Waals surface area contributed by atoms with Crippen molar-refractivity contribution in [3.05, 3.63) is 93.9 Å². The number of aromatic amines is 1. The van der Waals surface area contributed by atoms with Crippen LogP contribution in [0.5, 0.6) is 11.5 Å². The number of hydrogen-bond acceptors (Lipinski definition) is 5. The third kappa shape index (κ3) is 4.06. The summed E-state index contributed by atoms with van der Waals surface area (Å²) in [7, 11) is 1.56. The molecule has 32 heavy (non-hydrogen) atoms. The Bertz CT molecular complexity index is 1340. The van der Waals surface area contributed by atoms with E-state index in [0.717, 1.165) is 22.4 Å². The molecule has 1 aromatic heterocycles. The van der Waals surface area contributed by atoms with Gasteiger partial charge in [0.1, 0.15) is 17.2 Å². The second-order valence-electron chi connectivity index (χ2n) is 7.28. The number of nitrogens with zero attached hydrogens (tertiary/aromatic N) is 2. The molecule has 4 aromatic rings. The number of aromatic nitrogens is 2. The van der Waals surface area contributed by atoms with Crippen LogP contribution in [-0.2, 0) is 6.61 Å². The van der Waals surface area contributed by atoms with Gasteiger partial charge in [0.05, 0.1) is 25.0 Å². The van der Waals surface area contributed by atoms with Crippen LogP contribution in [0.3, 0.4) is 0 Å². The van der Waals surface area contributed by atoms with Gasteiger partial charge in [-0.1, -0.05) is 36.4 Å². The summed E-state index contributed by atoms with van der Waals surface area (Å²) < 4.78 is 6.88. The molecule has 0 saturated heterocycles. The van der Waals surface area contributed by atoms with E-state index in [1.165, 1.54) is 10.9 Å². The van der Waals surface area contributed by atoms with E-state index < -0.39 is 0 Å². The maximum atomic E-state index is 12.8. The number of aryl methyl sites for hydroxylation is 1. The van der Waals surface area contributed by atoms with Crippen molar-refractivity contribution in [2.75, 3.05) is 7.11 Å². The Kier molecular flexibility index (Phi) is 5.91. The number of benzene rings is 3. The molecule has 7 nitrogen and oxygen atoms in total. The fraction of sp³-hybridized carbons (Fsp3) is 0.120. The Hall–Kier alpha value is -4.10. The van der Waals surface area contributed by atoms with Gasteiger partial charge in [-0.25, -0.2) is 4.68 Å². The average molecular weight is 429 g/mol. The fourth-order valence-corrected chi connectivity index (χ4v) is 3.48. The molecule has 1 heterocycles. The number of H-pyrrole nitrogens is 1. The molecule has 0 aliphatic heterocycles. The Labute approximate surface area is 184 Å². The predicted molar refractivity (Wildman–Crippen MR) is 124 cm³/mol. The molecule has 0 fully saturated rings. The summed E-state index contributed by atoms with van der Waals surface area (Å²) in [6.07, 6.45) is 1.46. The zero-order valence-corrected chi connectivity index (χ0v) is 17.7. The van der Waals surface area contributed by atoms with Crippen molar-refractivity contribution < 1.29 is 14.9 Å². The molecule has 0 aliphatic carbocycles. The summed E-state index contributed by atoms with van der Waals surface area (Å²) >= 11 is 0. The molecule has 0 unspecified atom stereocenters. The maximum Gasteiger partial charge on any atom is 0.280 e. The first-order valence-corrected chi connectivity index (χ1v) is 10.0. The van der Waals surface area contributed by atoms with E-state index in [4.69, 9.17) is 4.74 Å². The van der Waals surface area contributed by atoms with E-state index in [1.807, 2.05) is 42.5 Å². The highest BCUT2D eigenvalue weighted by atomic mass is 16.5. The minimum Gasteiger partial charge on any atom is -0.506 e. The van der Waals surface area contributed by atoms with Gasteiger partial charge in [0.25, 0.3) is 5.56 Å². The summed E-state index contributed by atoms with van der Waals surface area (Å²) in [4.78, 5) is 17.1. The molecule has 0 atom stereocenters. The second kappa shape index (κ2) is 8.95. The molecule has 0 saturated carbocycles. The van der Waals surface area contributed by atoms with Crippen LogP contribution in [0.1, 0.15) is 16.8 Å². The van der Waals surface area contributed by atoms with Crippen molar-refractivity contribution in [2.24, 2.45) is 4.99 Å². The van der Waals surface area contributed by atoms with Crippen LogP contribution in [0.4, 0.5) is 5.69 Å². The summed E-state index contributed by atoms with van der Waals surface area (Å²) in [6, 6.07) is 19.7. The normalized spacial score (nSPS) is 11.2. The van der Waals surface area contributed by atoms with Crippen LogP contribution < -0.4 is 10.3 Å². The average Bonchev–Trinajstić information content (AvgIpc) is 3.11. The standard InChI is InChI=1S/C25H23N3O4/c1-16-21(25(31)28(27-16)19-6-4-3-5-7-19)14-26-22-11-9-18(13-23(22)30)20-10-8-17(15-29)12-24(20)32-2/h3-14,27,29-30H,15H2,1-2H3. The predicted octanol–water partition coefficient (Wildman–Crippen LogP) is 4.10. The Morgan fingerprint density at radius 3 is 2.56 bits per heavy atom. The van der Waals surface area contributed by atoms with E-state index in [2.05, 4.69) is 10.1 Å². The molecule has 0 bridgehead atoms. The van der Waals surface area contributed by atoms with Crippen LogP contribution in [0.15, 0.2) is 76.5 Å². The lowest BCUT2D eigenvalue weighted by Gasteiger charge is -2.11. The topological polar surface area (TPSA) is 99.8 Å². The quantitative estimate of drug-likeness (QED) is 0.402. The van der Waals surface area contributed by atoms with Crippen molar-refractivity contribution in [2.45, 2.75) is 13.5 Å². The number of nitrogens with one attached hydrogen (secondary N) is 1. The Balaban J connectivity index is 1.65. The summed E-state index contributed by atoms with van der Waals surface area (Å²) in [5.74, 6) is 0.570. The first-order valence-electron chi connectivity index (χ1n) is 10.0. The summed E-state index contributed by atoms with van der Waals surface area (Å²) in [6.45, 7) is 1.72. The molecule has 162 valence electrons. The zero-order valence-electron chi connectivity index (χ0n) is 17.7. The highest BCUT2D eigenvalue weighted by Gasteiger charge is 2.12. The largest absolute Gasteiger partial charge is 0.506 e. The number of rotatable bonds is 6. The van der Waals surface area contributed by atoms with E-state index >= 15 is 0 Å². The monoisotopic (exact) mass is 429 g/mol. The van der Waals surface area contributed by atoms with Crippen molar-refractivity contribution in [3.8, 4) is 28.3 Å². The van der Waals surface area contributed by atoms with E-state index in [1.54, 1.807) is 38.3 Å². The lowest BCUT2D eigenvalue weighted by atomic mass is 10.0. The second-order valence-corrected chi connectivity index (χ2v) is 7.28. The highest BCUT2D eigenvalue weighted by Crippen LogP contribution is 2.36. The molecular formula is C25H23N3O4. The zero-order chi connectivity index (χ0) is 22.7. The van der Waals surface area contributed by atoms with Gasteiger partial charge in [-0.05, 0) is 48.4 Å². The molecule has 3 N–H and O–H groups in total. The van der Waals surface area contributed by atoms with Crippen LogP contribution in [-0.4, -0.2) is 33.3 Å². The van der Waals surface area contributed by atoms with Gasteiger partial charge in [-0.3, -0.25) is 14.9 Å². The van der Waals surface area contributed by atoms with E-state index in [0.29, 0.717) is 22.7 Å². The molecule has 0 aliphatic rings. The lowest BCUT2D eigenvalue weighted by molar-refractivity contribution is 0.281. The van der Waals surface area contributed by atoms with Crippen LogP contribution >= 0.6 is 0 Å². The number of hydrogen-bond donors (Lipinski definition) is 3. The molecule has 0 radical (unpaired) electrons. The third-order valence-corrected chi connectivity index (χ3v) is 5.20. The number of methoxy groups -OCH3 is 1. The Morgan fingerprint density at radius 1 is 1.09 bits per heavy atom. The lowest BCUT2D eigenvalue weighted by Crippen LogP contribution is -2.17. The number of aromatic hydroxyl groups is 1. The van der Waals surface area contributed by atoms with Gasteiger partial charge in [-0.15, -0.1) is 0 Å². The van der Waals surface area contributed by atoms with Gasteiger partial charge < -0.3 is 14.9 Å². The maximum absolute atomic E-state index is 12.8. The van der Waals surface area contributed by atoms with E-state index in [9.17, 15) is 15.0 Å². The third-order valence-electron chi connectivity index (χ3n) is 5.20. The minimum atomic E-state index is -0.220.